The Labute approximate surface area is 183 Å². The Balaban J connectivity index is 1.54. The molecule has 2 aromatic rings. The number of anilines is 1. The van der Waals surface area contributed by atoms with Gasteiger partial charge in [-0.15, -0.1) is 0 Å². The Morgan fingerprint density at radius 3 is 2.61 bits per heavy atom. The number of para-hydroxylation sites is 1. The summed E-state index contributed by atoms with van der Waals surface area (Å²) in [6.45, 7) is 7.44. The molecule has 1 unspecified atom stereocenters. The molecule has 1 aliphatic heterocycles. The summed E-state index contributed by atoms with van der Waals surface area (Å²) < 4.78 is 7.46. The number of urea groups is 1. The van der Waals surface area contributed by atoms with Gasteiger partial charge in [0.25, 0.3) is 0 Å². The first-order valence-electron chi connectivity index (χ1n) is 10.9. The highest BCUT2D eigenvalue weighted by Gasteiger charge is 2.30. The Morgan fingerprint density at radius 1 is 1.16 bits per heavy atom. The summed E-state index contributed by atoms with van der Waals surface area (Å²) in [7, 11) is 0. The number of carbonyl (C=O) groups excluding carboxylic acids is 3. The molecule has 2 heterocycles. The average Bonchev–Trinajstić information content (AvgIpc) is 3.06. The van der Waals surface area contributed by atoms with E-state index in [-0.39, 0.29) is 25.0 Å². The zero-order chi connectivity index (χ0) is 22.4. The molecular formula is C24H31N3O4. The van der Waals surface area contributed by atoms with Crippen molar-refractivity contribution in [1.29, 1.82) is 0 Å². The van der Waals surface area contributed by atoms with Crippen LogP contribution in [0.15, 0.2) is 36.4 Å². The van der Waals surface area contributed by atoms with Gasteiger partial charge in [-0.25, -0.2) is 4.79 Å². The monoisotopic (exact) mass is 425 g/mol. The van der Waals surface area contributed by atoms with Crippen molar-refractivity contribution in [1.82, 2.24) is 9.47 Å². The topological polar surface area (TPSA) is 80.6 Å². The number of nitrogens with zero attached hydrogens (tertiary/aromatic N) is 2. The van der Waals surface area contributed by atoms with Crippen LogP contribution in [-0.2, 0) is 16.1 Å². The Hall–Kier alpha value is -3.09. The fourth-order valence-electron chi connectivity index (χ4n) is 4.06. The van der Waals surface area contributed by atoms with E-state index in [9.17, 15) is 14.4 Å². The number of rotatable bonds is 7. The molecule has 0 bridgehead atoms. The number of esters is 1. The van der Waals surface area contributed by atoms with E-state index in [0.717, 1.165) is 24.4 Å². The molecule has 1 atom stereocenters. The summed E-state index contributed by atoms with van der Waals surface area (Å²) in [4.78, 5) is 39.4. The SMILES string of the molecule is CCCn1c(C)cc(C(=O)COC(=O)C2CCCN(C(=O)Nc3ccccc3)C2)c1C. The first-order chi connectivity index (χ1) is 14.9. The van der Waals surface area contributed by atoms with Gasteiger partial charge in [-0.1, -0.05) is 25.1 Å². The Bertz CT molecular complexity index is 936. The molecule has 0 saturated carbocycles. The van der Waals surface area contributed by atoms with Crippen molar-refractivity contribution in [3.63, 3.8) is 0 Å². The van der Waals surface area contributed by atoms with Crippen LogP contribution in [0.25, 0.3) is 0 Å². The normalized spacial score (nSPS) is 16.1. The second kappa shape index (κ2) is 10.3. The van der Waals surface area contributed by atoms with Crippen molar-refractivity contribution in [3.05, 3.63) is 53.3 Å². The fourth-order valence-corrected chi connectivity index (χ4v) is 4.06. The van der Waals surface area contributed by atoms with Crippen molar-refractivity contribution in [2.24, 2.45) is 5.92 Å². The van der Waals surface area contributed by atoms with Crippen LogP contribution in [0.2, 0.25) is 0 Å². The highest BCUT2D eigenvalue weighted by atomic mass is 16.5. The van der Waals surface area contributed by atoms with Crippen molar-refractivity contribution in [2.75, 3.05) is 25.0 Å². The van der Waals surface area contributed by atoms with Crippen LogP contribution >= 0.6 is 0 Å². The van der Waals surface area contributed by atoms with Gasteiger partial charge in [-0.05, 0) is 51.3 Å². The number of amides is 2. The molecule has 0 radical (unpaired) electrons. The molecule has 3 rings (SSSR count). The van der Waals surface area contributed by atoms with Crippen molar-refractivity contribution < 1.29 is 19.1 Å². The van der Waals surface area contributed by atoms with E-state index < -0.39 is 11.9 Å². The minimum Gasteiger partial charge on any atom is -0.457 e. The van der Waals surface area contributed by atoms with E-state index in [0.29, 0.717) is 30.6 Å². The maximum atomic E-state index is 12.6. The van der Waals surface area contributed by atoms with Crippen LogP contribution in [0.5, 0.6) is 0 Å². The molecule has 31 heavy (non-hydrogen) atoms. The molecule has 0 spiro atoms. The summed E-state index contributed by atoms with van der Waals surface area (Å²) in [6.07, 6.45) is 2.34. The number of benzene rings is 1. The molecule has 1 aliphatic rings. The number of ketones is 1. The molecule has 2 amide bonds. The van der Waals surface area contributed by atoms with E-state index >= 15 is 0 Å². The first kappa shape index (κ1) is 22.6. The van der Waals surface area contributed by atoms with Gasteiger partial charge in [-0.3, -0.25) is 9.59 Å². The van der Waals surface area contributed by atoms with E-state index in [2.05, 4.69) is 16.8 Å². The summed E-state index contributed by atoms with van der Waals surface area (Å²) in [5, 5.41) is 2.85. The highest BCUT2D eigenvalue weighted by Crippen LogP contribution is 2.20. The van der Waals surface area contributed by atoms with Crippen molar-refractivity contribution in [3.8, 4) is 0 Å². The van der Waals surface area contributed by atoms with E-state index in [4.69, 9.17) is 4.74 Å². The summed E-state index contributed by atoms with van der Waals surface area (Å²) in [6, 6.07) is 10.8. The maximum absolute atomic E-state index is 12.6. The molecule has 7 nitrogen and oxygen atoms in total. The van der Waals surface area contributed by atoms with Crippen LogP contribution in [-0.4, -0.2) is 46.9 Å². The molecule has 0 aliphatic carbocycles. The molecule has 1 saturated heterocycles. The van der Waals surface area contributed by atoms with Crippen LogP contribution in [0, 0.1) is 19.8 Å². The quantitative estimate of drug-likeness (QED) is 0.533. The number of piperidine rings is 1. The van der Waals surface area contributed by atoms with Crippen LogP contribution in [0.1, 0.15) is 47.9 Å². The number of nitrogens with one attached hydrogen (secondary N) is 1. The average molecular weight is 426 g/mol. The molecule has 1 N–H and O–H groups in total. The fraction of sp³-hybridized carbons (Fsp3) is 0.458. The Kier molecular flexibility index (Phi) is 7.50. The lowest BCUT2D eigenvalue weighted by Gasteiger charge is -2.31. The number of hydrogen-bond donors (Lipinski definition) is 1. The number of ether oxygens (including phenoxy) is 1. The zero-order valence-corrected chi connectivity index (χ0v) is 18.5. The van der Waals surface area contributed by atoms with Crippen LogP contribution in [0.3, 0.4) is 0 Å². The number of aryl methyl sites for hydroxylation is 1. The lowest BCUT2D eigenvalue weighted by atomic mass is 9.98. The number of likely N-dealkylation sites (tertiary alicyclic amines) is 1. The molecular weight excluding hydrogens is 394 g/mol. The van der Waals surface area contributed by atoms with Gasteiger partial charge in [0, 0.05) is 42.3 Å². The first-order valence-corrected chi connectivity index (χ1v) is 10.9. The smallest absolute Gasteiger partial charge is 0.321 e. The van der Waals surface area contributed by atoms with Crippen LogP contribution in [0.4, 0.5) is 10.5 Å². The van der Waals surface area contributed by atoms with Gasteiger partial charge >= 0.3 is 12.0 Å². The second-order valence-electron chi connectivity index (χ2n) is 8.05. The molecule has 1 aromatic carbocycles. The number of hydrogen-bond acceptors (Lipinski definition) is 4. The predicted octanol–water partition coefficient (Wildman–Crippen LogP) is 4.18. The molecule has 1 fully saturated rings. The van der Waals surface area contributed by atoms with Gasteiger partial charge < -0.3 is 19.5 Å². The number of aromatic nitrogens is 1. The standard InChI is InChI=1S/C24H31N3O4/c1-4-12-27-17(2)14-21(18(27)3)22(28)16-31-23(29)19-9-8-13-26(15-19)24(30)25-20-10-6-5-7-11-20/h5-7,10-11,14,19H,4,8-9,12-13,15-16H2,1-3H3,(H,25,30). The Morgan fingerprint density at radius 2 is 1.90 bits per heavy atom. The van der Waals surface area contributed by atoms with Gasteiger partial charge in [0.1, 0.15) is 0 Å². The minimum atomic E-state index is -0.423. The molecule has 1 aromatic heterocycles. The summed E-state index contributed by atoms with van der Waals surface area (Å²) >= 11 is 0. The van der Waals surface area contributed by atoms with Crippen molar-refractivity contribution >= 4 is 23.5 Å². The van der Waals surface area contributed by atoms with E-state index in [1.807, 2.05) is 50.2 Å². The third kappa shape index (κ3) is 5.54. The zero-order valence-electron chi connectivity index (χ0n) is 18.5. The highest BCUT2D eigenvalue weighted by molar-refractivity contribution is 5.99. The van der Waals surface area contributed by atoms with Gasteiger partial charge in [0.2, 0.25) is 5.78 Å². The van der Waals surface area contributed by atoms with Crippen molar-refractivity contribution in [2.45, 2.75) is 46.6 Å². The predicted molar refractivity (Wildman–Crippen MR) is 119 cm³/mol. The number of Topliss-reactive ketones (excluding diaryl/α,β-unsaturated/α-hetero) is 1. The maximum Gasteiger partial charge on any atom is 0.321 e. The van der Waals surface area contributed by atoms with E-state index in [1.165, 1.54) is 0 Å². The van der Waals surface area contributed by atoms with Gasteiger partial charge in [-0.2, -0.15) is 0 Å². The lowest BCUT2D eigenvalue weighted by molar-refractivity contribution is -0.148. The van der Waals surface area contributed by atoms with E-state index in [1.54, 1.807) is 4.90 Å². The second-order valence-corrected chi connectivity index (χ2v) is 8.05. The molecule has 7 heteroatoms. The number of carbonyl (C=O) groups is 3. The van der Waals surface area contributed by atoms with Gasteiger partial charge in [0.15, 0.2) is 6.61 Å². The third-order valence-electron chi connectivity index (χ3n) is 5.73. The largest absolute Gasteiger partial charge is 0.457 e. The summed E-state index contributed by atoms with van der Waals surface area (Å²) in [5.41, 5.74) is 3.25. The van der Waals surface area contributed by atoms with Gasteiger partial charge in [0.05, 0.1) is 5.92 Å². The lowest BCUT2D eigenvalue weighted by Crippen LogP contribution is -2.44. The third-order valence-corrected chi connectivity index (χ3v) is 5.73. The van der Waals surface area contributed by atoms with Crippen LogP contribution < -0.4 is 5.32 Å². The summed E-state index contributed by atoms with van der Waals surface area (Å²) in [5.74, 6) is -1.04. The molecule has 166 valence electrons. The minimum absolute atomic E-state index is 0.196.